The van der Waals surface area contributed by atoms with Crippen molar-refractivity contribution in [2.75, 3.05) is 5.73 Å². The molecule has 2 aromatic carbocycles. The van der Waals surface area contributed by atoms with Gasteiger partial charge in [-0.3, -0.25) is 4.98 Å². The molecule has 21 heavy (non-hydrogen) atoms. The Kier molecular flexibility index (Phi) is 3.62. The molecule has 3 rings (SSSR count). The van der Waals surface area contributed by atoms with Crippen molar-refractivity contribution in [1.82, 2.24) is 4.98 Å². The third-order valence-electron chi connectivity index (χ3n) is 3.04. The van der Waals surface area contributed by atoms with E-state index in [0.29, 0.717) is 27.2 Å². The van der Waals surface area contributed by atoms with Crippen LogP contribution in [0.5, 0.6) is 11.5 Å². The number of aromatic nitrogens is 1. The number of nitrogens with zero attached hydrogens (tertiary/aromatic N) is 1. The number of anilines is 1. The van der Waals surface area contributed by atoms with Crippen LogP contribution in [-0.4, -0.2) is 4.98 Å². The number of halogens is 2. The third kappa shape index (κ3) is 2.89. The summed E-state index contributed by atoms with van der Waals surface area (Å²) >= 11 is 11.9. The zero-order valence-corrected chi connectivity index (χ0v) is 12.7. The van der Waals surface area contributed by atoms with E-state index in [0.717, 1.165) is 16.6 Å². The Morgan fingerprint density at radius 1 is 1.00 bits per heavy atom. The van der Waals surface area contributed by atoms with E-state index < -0.39 is 0 Å². The number of nitrogens with two attached hydrogens (primary N) is 1. The zero-order valence-electron chi connectivity index (χ0n) is 11.2. The van der Waals surface area contributed by atoms with Crippen LogP contribution in [0.4, 0.5) is 5.69 Å². The molecule has 2 N–H and O–H groups in total. The molecule has 0 atom stereocenters. The van der Waals surface area contributed by atoms with Gasteiger partial charge >= 0.3 is 0 Å². The molecule has 0 unspecified atom stereocenters. The van der Waals surface area contributed by atoms with Crippen LogP contribution in [0.25, 0.3) is 10.9 Å². The maximum absolute atomic E-state index is 6.01. The molecule has 106 valence electrons. The molecule has 1 aromatic heterocycles. The van der Waals surface area contributed by atoms with E-state index in [-0.39, 0.29) is 0 Å². The summed E-state index contributed by atoms with van der Waals surface area (Å²) in [6.45, 7) is 1.91. The maximum atomic E-state index is 6.01. The molecule has 0 fully saturated rings. The van der Waals surface area contributed by atoms with Crippen LogP contribution in [0.15, 0.2) is 42.5 Å². The minimum atomic E-state index is 0.448. The number of pyridine rings is 1. The van der Waals surface area contributed by atoms with E-state index in [1.165, 1.54) is 0 Å². The van der Waals surface area contributed by atoms with Crippen LogP contribution in [0.2, 0.25) is 10.0 Å². The molecule has 0 amide bonds. The first-order valence-corrected chi connectivity index (χ1v) is 7.08. The summed E-state index contributed by atoms with van der Waals surface area (Å²) in [5.41, 5.74) is 8.20. The van der Waals surface area contributed by atoms with Gasteiger partial charge in [-0.05, 0) is 37.3 Å². The van der Waals surface area contributed by atoms with Crippen molar-refractivity contribution < 1.29 is 4.74 Å². The van der Waals surface area contributed by atoms with Gasteiger partial charge in [-0.1, -0.05) is 23.2 Å². The summed E-state index contributed by atoms with van der Waals surface area (Å²) in [6.07, 6.45) is 0. The molecule has 0 spiro atoms. The highest BCUT2D eigenvalue weighted by molar-refractivity contribution is 6.42. The van der Waals surface area contributed by atoms with E-state index in [1.807, 2.05) is 31.2 Å². The number of fused-ring (bicyclic) bond motifs is 1. The Morgan fingerprint density at radius 2 is 1.81 bits per heavy atom. The second-order valence-electron chi connectivity index (χ2n) is 4.72. The second kappa shape index (κ2) is 5.43. The average molecular weight is 319 g/mol. The lowest BCUT2D eigenvalue weighted by Gasteiger charge is -2.11. The first kappa shape index (κ1) is 14.0. The van der Waals surface area contributed by atoms with Crippen LogP contribution in [-0.2, 0) is 0 Å². The quantitative estimate of drug-likeness (QED) is 0.658. The maximum Gasteiger partial charge on any atom is 0.138 e. The van der Waals surface area contributed by atoms with Gasteiger partial charge in [0.1, 0.15) is 11.5 Å². The standard InChI is InChI=1S/C16H12Cl2N2O/c1-9-6-16(12-7-10(19)2-5-15(12)20-9)21-11-3-4-13(17)14(18)8-11/h2-8H,19H2,1H3. The van der Waals surface area contributed by atoms with Crippen LogP contribution in [0.3, 0.4) is 0 Å². The fourth-order valence-electron chi connectivity index (χ4n) is 2.09. The van der Waals surface area contributed by atoms with Crippen LogP contribution >= 0.6 is 23.2 Å². The number of rotatable bonds is 2. The van der Waals surface area contributed by atoms with Crippen molar-refractivity contribution in [3.05, 3.63) is 58.2 Å². The highest BCUT2D eigenvalue weighted by Crippen LogP contribution is 2.33. The molecule has 0 radical (unpaired) electrons. The molecular formula is C16H12Cl2N2O. The first-order valence-electron chi connectivity index (χ1n) is 6.33. The minimum Gasteiger partial charge on any atom is -0.457 e. The van der Waals surface area contributed by atoms with Gasteiger partial charge in [-0.2, -0.15) is 0 Å². The average Bonchev–Trinajstić information content (AvgIpc) is 2.43. The van der Waals surface area contributed by atoms with Crippen molar-refractivity contribution in [2.24, 2.45) is 0 Å². The lowest BCUT2D eigenvalue weighted by molar-refractivity contribution is 0.487. The van der Waals surface area contributed by atoms with Crippen molar-refractivity contribution in [3.8, 4) is 11.5 Å². The van der Waals surface area contributed by atoms with Crippen molar-refractivity contribution in [3.63, 3.8) is 0 Å². The second-order valence-corrected chi connectivity index (χ2v) is 5.53. The van der Waals surface area contributed by atoms with E-state index in [1.54, 1.807) is 18.2 Å². The van der Waals surface area contributed by atoms with E-state index in [4.69, 9.17) is 33.7 Å². The summed E-state index contributed by atoms with van der Waals surface area (Å²) in [7, 11) is 0. The largest absolute Gasteiger partial charge is 0.457 e. The highest BCUT2D eigenvalue weighted by atomic mass is 35.5. The Balaban J connectivity index is 2.10. The molecular weight excluding hydrogens is 307 g/mol. The molecule has 0 aliphatic carbocycles. The Bertz CT molecular complexity index is 834. The first-order chi connectivity index (χ1) is 10.0. The topological polar surface area (TPSA) is 48.1 Å². The molecule has 0 saturated carbocycles. The Labute approximate surface area is 132 Å². The molecule has 1 heterocycles. The smallest absolute Gasteiger partial charge is 0.138 e. The fourth-order valence-corrected chi connectivity index (χ4v) is 2.38. The van der Waals surface area contributed by atoms with Crippen LogP contribution in [0, 0.1) is 6.92 Å². The van der Waals surface area contributed by atoms with E-state index >= 15 is 0 Å². The zero-order chi connectivity index (χ0) is 15.0. The normalized spacial score (nSPS) is 10.8. The summed E-state index contributed by atoms with van der Waals surface area (Å²) in [5.74, 6) is 1.29. The van der Waals surface area contributed by atoms with Gasteiger partial charge < -0.3 is 10.5 Å². The van der Waals surface area contributed by atoms with E-state index in [9.17, 15) is 0 Å². The minimum absolute atomic E-state index is 0.448. The molecule has 0 bridgehead atoms. The van der Waals surface area contributed by atoms with Gasteiger partial charge in [-0.25, -0.2) is 0 Å². The SMILES string of the molecule is Cc1cc(Oc2ccc(Cl)c(Cl)c2)c2cc(N)ccc2n1. The van der Waals surface area contributed by atoms with Crippen LogP contribution in [0.1, 0.15) is 5.69 Å². The number of hydrogen-bond donors (Lipinski definition) is 1. The predicted molar refractivity (Wildman–Crippen MR) is 87.4 cm³/mol. The van der Waals surface area contributed by atoms with E-state index in [2.05, 4.69) is 4.98 Å². The highest BCUT2D eigenvalue weighted by Gasteiger charge is 2.08. The van der Waals surface area contributed by atoms with Crippen LogP contribution < -0.4 is 10.5 Å². The fraction of sp³-hybridized carbons (Fsp3) is 0.0625. The molecule has 0 aliphatic heterocycles. The monoisotopic (exact) mass is 318 g/mol. The van der Waals surface area contributed by atoms with Crippen molar-refractivity contribution in [2.45, 2.75) is 6.92 Å². The number of nitrogen functional groups attached to an aromatic ring is 1. The lowest BCUT2D eigenvalue weighted by Crippen LogP contribution is -1.92. The number of benzene rings is 2. The van der Waals surface area contributed by atoms with Crippen molar-refractivity contribution >= 4 is 39.8 Å². The van der Waals surface area contributed by atoms with Gasteiger partial charge in [0.05, 0.1) is 15.6 Å². The summed E-state index contributed by atoms with van der Waals surface area (Å²) in [4.78, 5) is 4.47. The Morgan fingerprint density at radius 3 is 2.57 bits per heavy atom. The van der Waals surface area contributed by atoms with Gasteiger partial charge in [0.25, 0.3) is 0 Å². The molecule has 0 saturated heterocycles. The summed E-state index contributed by atoms with van der Waals surface area (Å²) < 4.78 is 5.92. The summed E-state index contributed by atoms with van der Waals surface area (Å²) in [5, 5.41) is 1.79. The predicted octanol–water partition coefficient (Wildman–Crippen LogP) is 5.22. The number of aryl methyl sites for hydroxylation is 1. The van der Waals surface area contributed by atoms with Gasteiger partial charge in [0.15, 0.2) is 0 Å². The lowest BCUT2D eigenvalue weighted by atomic mass is 10.1. The summed E-state index contributed by atoms with van der Waals surface area (Å²) in [6, 6.07) is 12.5. The van der Waals surface area contributed by atoms with Crippen molar-refractivity contribution in [1.29, 1.82) is 0 Å². The molecule has 0 aliphatic rings. The van der Waals surface area contributed by atoms with Gasteiger partial charge in [0, 0.05) is 28.9 Å². The number of hydrogen-bond acceptors (Lipinski definition) is 3. The molecule has 3 nitrogen and oxygen atoms in total. The number of ether oxygens (including phenoxy) is 1. The third-order valence-corrected chi connectivity index (χ3v) is 3.78. The molecule has 5 heteroatoms. The van der Waals surface area contributed by atoms with Gasteiger partial charge in [-0.15, -0.1) is 0 Å². The Hall–Kier alpha value is -1.97. The van der Waals surface area contributed by atoms with Gasteiger partial charge in [0.2, 0.25) is 0 Å². The molecule has 3 aromatic rings.